The van der Waals surface area contributed by atoms with Crippen LogP contribution in [-0.2, 0) is 30.4 Å². The molecular weight excluding hydrogens is 577 g/mol. The van der Waals surface area contributed by atoms with E-state index in [0.717, 1.165) is 30.3 Å². The maximum Gasteiger partial charge on any atom is 1.00 e. The summed E-state index contributed by atoms with van der Waals surface area (Å²) in [5.41, 5.74) is -0.00309. The molecule has 17 heteroatoms. The van der Waals surface area contributed by atoms with Crippen LogP contribution in [0.1, 0.15) is 0 Å². The van der Waals surface area contributed by atoms with Gasteiger partial charge in [0.05, 0.1) is 26.1 Å². The molecule has 4 rings (SSSR count). The molecule has 0 saturated heterocycles. The smallest absolute Gasteiger partial charge is 0.744 e. The van der Waals surface area contributed by atoms with Gasteiger partial charge in [0.25, 0.3) is 0 Å². The van der Waals surface area contributed by atoms with Gasteiger partial charge in [-0.25, -0.2) is 25.3 Å². The molecule has 11 nitrogen and oxygen atoms in total. The van der Waals surface area contributed by atoms with Crippen molar-refractivity contribution in [1.82, 2.24) is 0 Å². The zero-order valence-corrected chi connectivity index (χ0v) is 28.1. The molecule has 0 heterocycles. The third kappa shape index (κ3) is 7.90. The average Bonchev–Trinajstić information content (AvgIpc) is 2.74. The minimum absolute atomic E-state index is 0. The fraction of sp³-hybridized carbons (Fsp3) is 0. The predicted molar refractivity (Wildman–Crippen MR) is 116 cm³/mol. The van der Waals surface area contributed by atoms with E-state index in [1.807, 2.05) is 0 Å². The van der Waals surface area contributed by atoms with Crippen molar-refractivity contribution < 1.29 is 128 Å². The molecule has 0 N–H and O–H groups in total. The van der Waals surface area contributed by atoms with Gasteiger partial charge in [0.1, 0.15) is 30.4 Å². The fourth-order valence-electron chi connectivity index (χ4n) is 3.35. The monoisotopic (exact) mass is 588 g/mol. The summed E-state index contributed by atoms with van der Waals surface area (Å²) in [6.45, 7) is 0. The Hall–Kier alpha value is -0.270. The molecule has 0 atom stereocenters. The van der Waals surface area contributed by atoms with Crippen LogP contribution in [0.15, 0.2) is 91.6 Å². The summed E-state index contributed by atoms with van der Waals surface area (Å²) in [5, 5.41) is 8.50. The van der Waals surface area contributed by atoms with Crippen LogP contribution in [0.25, 0.3) is 21.5 Å². The van der Waals surface area contributed by atoms with E-state index in [-0.39, 0.29) is 122 Å². The van der Waals surface area contributed by atoms with Gasteiger partial charge in [0.15, 0.2) is 0 Å². The second kappa shape index (κ2) is 12.9. The molecular formula is C20H11N2Na3O9S3. The van der Waals surface area contributed by atoms with Crippen molar-refractivity contribution in [2.24, 2.45) is 10.2 Å². The van der Waals surface area contributed by atoms with Crippen LogP contribution < -0.4 is 88.7 Å². The standard InChI is InChI=1S/C20H14N2O9S3.3Na/c23-32(24,25)13-5-6-15-12(9-13)10-14(33(26,27)28)11-19(15)22-21-18-7-8-20(34(29,30)31)17-4-2-1-3-16(17)18;;;/h1-11H,(H,23,24,25)(H,26,27,28)(H,29,30,31);;;/q;3*+1/p-3. The molecule has 176 valence electrons. The molecule has 4 aromatic rings. The topological polar surface area (TPSA) is 196 Å². The second-order valence-corrected chi connectivity index (χ2v) is 11.1. The first-order valence-electron chi connectivity index (χ1n) is 9.14. The van der Waals surface area contributed by atoms with Crippen molar-refractivity contribution >= 4 is 63.3 Å². The zero-order valence-electron chi connectivity index (χ0n) is 19.6. The molecule has 0 bridgehead atoms. The Morgan fingerprint density at radius 3 is 1.62 bits per heavy atom. The van der Waals surface area contributed by atoms with Gasteiger partial charge in [0.2, 0.25) is 0 Å². The molecule has 0 spiro atoms. The first-order valence-corrected chi connectivity index (χ1v) is 13.4. The Kier molecular flexibility index (Phi) is 12.1. The maximum absolute atomic E-state index is 11.6. The molecule has 37 heavy (non-hydrogen) atoms. The Balaban J connectivity index is 0.00000228. The average molecular weight is 588 g/mol. The number of hydrogen-bond acceptors (Lipinski definition) is 11. The van der Waals surface area contributed by atoms with Crippen molar-refractivity contribution in [2.75, 3.05) is 0 Å². The maximum atomic E-state index is 11.6. The molecule has 0 aliphatic carbocycles. The van der Waals surface area contributed by atoms with Gasteiger partial charge < -0.3 is 13.7 Å². The van der Waals surface area contributed by atoms with Crippen LogP contribution in [0.2, 0.25) is 0 Å². The van der Waals surface area contributed by atoms with Gasteiger partial charge >= 0.3 is 88.7 Å². The molecule has 0 amide bonds. The summed E-state index contributed by atoms with van der Waals surface area (Å²) in [5.74, 6) is 0. The fourth-order valence-corrected chi connectivity index (χ4v) is 5.07. The summed E-state index contributed by atoms with van der Waals surface area (Å²) in [7, 11) is -14.6. The first kappa shape index (κ1) is 34.8. The number of azo groups is 1. The van der Waals surface area contributed by atoms with Crippen LogP contribution in [0, 0.1) is 0 Å². The number of benzene rings is 4. The van der Waals surface area contributed by atoms with Crippen LogP contribution >= 0.6 is 0 Å². The van der Waals surface area contributed by atoms with Crippen LogP contribution in [0.3, 0.4) is 0 Å². The third-order valence-corrected chi connectivity index (χ3v) is 7.39. The van der Waals surface area contributed by atoms with E-state index < -0.39 is 45.0 Å². The summed E-state index contributed by atoms with van der Waals surface area (Å²) in [6.07, 6.45) is 0. The Morgan fingerprint density at radius 2 is 1.05 bits per heavy atom. The third-order valence-electron chi connectivity index (χ3n) is 4.85. The molecule has 0 unspecified atom stereocenters. The second-order valence-electron chi connectivity index (χ2n) is 7.02. The molecule has 0 fully saturated rings. The number of rotatable bonds is 5. The van der Waals surface area contributed by atoms with Crippen molar-refractivity contribution in [2.45, 2.75) is 14.7 Å². The van der Waals surface area contributed by atoms with E-state index in [2.05, 4.69) is 10.2 Å². The minimum atomic E-state index is -4.99. The van der Waals surface area contributed by atoms with Gasteiger partial charge in [-0.1, -0.05) is 30.3 Å². The largest absolute Gasteiger partial charge is 1.00 e. The van der Waals surface area contributed by atoms with Gasteiger partial charge in [-0.15, -0.1) is 10.2 Å². The molecule has 0 aliphatic rings. The summed E-state index contributed by atoms with van der Waals surface area (Å²) in [6, 6.07) is 13.3. The van der Waals surface area contributed by atoms with Crippen LogP contribution in [0.4, 0.5) is 11.4 Å². The Labute approximate surface area is 278 Å². The van der Waals surface area contributed by atoms with Gasteiger partial charge in [-0.2, -0.15) is 0 Å². The van der Waals surface area contributed by atoms with Gasteiger partial charge in [0, 0.05) is 16.2 Å². The van der Waals surface area contributed by atoms with Gasteiger partial charge in [-0.05, 0) is 41.8 Å². The Bertz CT molecular complexity index is 1840. The van der Waals surface area contributed by atoms with E-state index in [1.54, 1.807) is 6.07 Å². The molecule has 0 radical (unpaired) electrons. The first-order chi connectivity index (χ1) is 15.7. The van der Waals surface area contributed by atoms with Crippen molar-refractivity contribution in [3.63, 3.8) is 0 Å². The van der Waals surface area contributed by atoms with Crippen molar-refractivity contribution in [1.29, 1.82) is 0 Å². The summed E-state index contributed by atoms with van der Waals surface area (Å²) < 4.78 is 103. The van der Waals surface area contributed by atoms with E-state index >= 15 is 0 Å². The molecule has 0 aromatic heterocycles. The Morgan fingerprint density at radius 1 is 0.514 bits per heavy atom. The van der Waals surface area contributed by atoms with Crippen molar-refractivity contribution in [3.05, 3.63) is 66.7 Å². The van der Waals surface area contributed by atoms with E-state index in [0.29, 0.717) is 0 Å². The number of hydrogen-bond donors (Lipinski definition) is 0. The summed E-state index contributed by atoms with van der Waals surface area (Å²) in [4.78, 5) is -1.82. The summed E-state index contributed by atoms with van der Waals surface area (Å²) >= 11 is 0. The predicted octanol–water partition coefficient (Wildman–Crippen LogP) is -5.87. The van der Waals surface area contributed by atoms with E-state index in [4.69, 9.17) is 0 Å². The molecule has 0 aliphatic heterocycles. The van der Waals surface area contributed by atoms with Crippen molar-refractivity contribution in [3.8, 4) is 0 Å². The number of fused-ring (bicyclic) bond motifs is 2. The normalized spacial score (nSPS) is 12.1. The number of nitrogens with zero attached hydrogens (tertiary/aromatic N) is 2. The van der Waals surface area contributed by atoms with E-state index in [9.17, 15) is 38.9 Å². The van der Waals surface area contributed by atoms with E-state index in [1.165, 1.54) is 30.3 Å². The zero-order chi connectivity index (χ0) is 24.9. The quantitative estimate of drug-likeness (QED) is 0.124. The van der Waals surface area contributed by atoms with Gasteiger partial charge in [-0.3, -0.25) is 0 Å². The molecule has 0 saturated carbocycles. The minimum Gasteiger partial charge on any atom is -0.744 e. The molecule has 4 aromatic carbocycles. The van der Waals surface area contributed by atoms with Crippen LogP contribution in [0.5, 0.6) is 0 Å². The SMILES string of the molecule is O=S(=O)([O-])c1ccc2c(N=Nc3ccc(S(=O)(=O)[O-])c4ccccc34)cc(S(=O)(=O)[O-])cc2c1.[Na+].[Na+].[Na+]. The van der Waals surface area contributed by atoms with Crippen LogP contribution in [-0.4, -0.2) is 38.9 Å².